The van der Waals surface area contributed by atoms with Crippen molar-refractivity contribution in [2.75, 3.05) is 13.7 Å². The molecule has 1 saturated heterocycles. The molecule has 0 aromatic heterocycles. The van der Waals surface area contributed by atoms with Crippen molar-refractivity contribution in [3.8, 4) is 0 Å². The maximum atomic E-state index is 12.7. The van der Waals surface area contributed by atoms with Gasteiger partial charge in [-0.25, -0.2) is 9.59 Å². The van der Waals surface area contributed by atoms with E-state index < -0.39 is 34.5 Å². The van der Waals surface area contributed by atoms with Crippen LogP contribution >= 0.6 is 0 Å². The minimum Gasteiger partial charge on any atom is -0.467 e. The first-order chi connectivity index (χ1) is 12.1. The average Bonchev–Trinajstić information content (AvgIpc) is 2.80. The fourth-order valence-corrected chi connectivity index (χ4v) is 4.97. The van der Waals surface area contributed by atoms with E-state index in [0.29, 0.717) is 13.0 Å². The van der Waals surface area contributed by atoms with Crippen molar-refractivity contribution in [3.05, 3.63) is 0 Å². The van der Waals surface area contributed by atoms with Crippen molar-refractivity contribution in [2.24, 2.45) is 0 Å². The Hall–Kier alpha value is -0.866. The second-order valence-electron chi connectivity index (χ2n) is 10.3. The van der Waals surface area contributed by atoms with Gasteiger partial charge in [-0.1, -0.05) is 40.4 Å². The predicted octanol–water partition coefficient (Wildman–Crippen LogP) is 4.49. The monoisotopic (exact) mass is 417 g/mol. The van der Waals surface area contributed by atoms with E-state index in [-0.39, 0.29) is 17.2 Å². The lowest BCUT2D eigenvalue weighted by molar-refractivity contribution is -0.145. The van der Waals surface area contributed by atoms with E-state index in [1.165, 1.54) is 12.0 Å². The third-order valence-electron chi connectivity index (χ3n) is 5.78. The first-order valence-electron chi connectivity index (χ1n) is 9.81. The van der Waals surface area contributed by atoms with Gasteiger partial charge in [-0.15, -0.1) is 0 Å². The van der Waals surface area contributed by atoms with Crippen molar-refractivity contribution in [3.63, 3.8) is 0 Å². The van der Waals surface area contributed by atoms with Gasteiger partial charge in [0.05, 0.1) is 25.9 Å². The Kier molecular flexibility index (Phi) is 7.75. The highest BCUT2D eigenvalue weighted by atomic mass is 28.4. The molecule has 0 aliphatic carbocycles. The molecule has 0 N–H and O–H groups in total. The number of nitrogens with zero attached hydrogens (tertiary/aromatic N) is 1. The molecule has 0 radical (unpaired) electrons. The molecule has 1 amide bonds. The Labute approximate surface area is 167 Å². The lowest BCUT2D eigenvalue weighted by atomic mass is 10.1. The number of hydrogen-bond acceptors (Lipinski definition) is 5. The second-order valence-corrected chi connectivity index (χ2v) is 20.6. The Morgan fingerprint density at radius 2 is 1.67 bits per heavy atom. The van der Waals surface area contributed by atoms with E-state index in [9.17, 15) is 9.59 Å². The van der Waals surface area contributed by atoms with Crippen LogP contribution in [0.25, 0.3) is 0 Å². The number of carbonyl (C=O) groups is 2. The number of ether oxygens (including phenoxy) is 2. The smallest absolute Gasteiger partial charge is 0.410 e. The molecule has 0 aromatic rings. The van der Waals surface area contributed by atoms with Crippen molar-refractivity contribution < 1.29 is 23.5 Å². The second kappa shape index (κ2) is 8.65. The molecule has 1 aliphatic heterocycles. The summed E-state index contributed by atoms with van der Waals surface area (Å²) in [7, 11) is -1.97. The fourth-order valence-electron chi connectivity index (χ4n) is 2.85. The first kappa shape index (κ1) is 24.2. The number of hydrogen-bond donors (Lipinski definition) is 0. The van der Waals surface area contributed by atoms with Crippen LogP contribution in [0.4, 0.5) is 4.79 Å². The third-order valence-corrected chi connectivity index (χ3v) is 12.0. The van der Waals surface area contributed by atoms with Crippen molar-refractivity contribution in [2.45, 2.75) is 96.1 Å². The summed E-state index contributed by atoms with van der Waals surface area (Å²) in [5, 5.41) is 0.0543. The van der Waals surface area contributed by atoms with Crippen LogP contribution in [0.1, 0.15) is 34.1 Å². The van der Waals surface area contributed by atoms with Gasteiger partial charge in [-0.3, -0.25) is 4.90 Å². The average molecular weight is 418 g/mol. The zero-order valence-corrected chi connectivity index (χ0v) is 20.8. The van der Waals surface area contributed by atoms with Gasteiger partial charge in [0.15, 0.2) is 8.32 Å². The highest BCUT2D eigenvalue weighted by Crippen LogP contribution is 2.40. The third kappa shape index (κ3) is 6.32. The molecule has 1 heterocycles. The number of carbonyl (C=O) groups excluding carboxylic acids is 2. The number of rotatable bonds is 6. The number of esters is 1. The van der Waals surface area contributed by atoms with Gasteiger partial charge >= 0.3 is 12.1 Å². The maximum Gasteiger partial charge on any atom is 0.410 e. The highest BCUT2D eigenvalue weighted by Gasteiger charge is 2.50. The minimum atomic E-state index is -2.03. The molecular weight excluding hydrogens is 378 g/mol. The summed E-state index contributed by atoms with van der Waals surface area (Å²) in [5.74, 6) is -0.412. The molecule has 1 unspecified atom stereocenters. The van der Waals surface area contributed by atoms with Crippen LogP contribution in [0.5, 0.6) is 0 Å². The highest BCUT2D eigenvalue weighted by molar-refractivity contribution is 6.76. The normalized spacial score (nSPS) is 24.1. The zero-order chi connectivity index (χ0) is 21.2. The Bertz CT molecular complexity index is 539. The van der Waals surface area contributed by atoms with E-state index in [2.05, 4.69) is 53.5 Å². The standard InChI is InChI=1S/C19H39NO5Si2/c1-14-16(25-27(9,10)19(2,3)4)13-15(17(21)23-5)20(14)18(22)24-11-12-26(6,7)8/h14-16H,11-13H2,1-10H3/t14?,15-,16+/m1/s1. The molecule has 1 fully saturated rings. The predicted molar refractivity (Wildman–Crippen MR) is 113 cm³/mol. The summed E-state index contributed by atoms with van der Waals surface area (Å²) in [6, 6.07) is 0.00931. The molecule has 158 valence electrons. The maximum absolute atomic E-state index is 12.7. The molecular formula is C19H39NO5Si2. The number of likely N-dealkylation sites (tertiary alicyclic amines) is 1. The van der Waals surface area contributed by atoms with E-state index in [4.69, 9.17) is 13.9 Å². The Morgan fingerprint density at radius 1 is 1.11 bits per heavy atom. The van der Waals surface area contributed by atoms with Gasteiger partial charge < -0.3 is 13.9 Å². The molecule has 0 saturated carbocycles. The van der Waals surface area contributed by atoms with Crippen molar-refractivity contribution >= 4 is 28.5 Å². The Morgan fingerprint density at radius 3 is 2.11 bits per heavy atom. The summed E-state index contributed by atoms with van der Waals surface area (Å²) in [6.45, 7) is 19.9. The SMILES string of the molecule is COC(=O)[C@H]1C[C@H](O[Si](C)(C)C(C)(C)C)C(C)N1C(=O)OCC[Si](C)(C)C. The molecule has 1 aliphatic rings. The van der Waals surface area contributed by atoms with E-state index in [0.717, 1.165) is 6.04 Å². The molecule has 6 nitrogen and oxygen atoms in total. The van der Waals surface area contributed by atoms with Gasteiger partial charge in [0.25, 0.3) is 0 Å². The van der Waals surface area contributed by atoms with E-state index >= 15 is 0 Å². The molecule has 0 bridgehead atoms. The zero-order valence-electron chi connectivity index (χ0n) is 18.8. The topological polar surface area (TPSA) is 65.1 Å². The number of amides is 1. The van der Waals surface area contributed by atoms with Gasteiger partial charge in [-0.05, 0) is 31.1 Å². The summed E-state index contributed by atoms with van der Waals surface area (Å²) in [6.07, 6.45) is -0.194. The van der Waals surface area contributed by atoms with Gasteiger partial charge in [0.1, 0.15) is 6.04 Å². The summed E-state index contributed by atoms with van der Waals surface area (Å²) >= 11 is 0. The molecule has 0 aromatic carbocycles. The van der Waals surface area contributed by atoms with Crippen LogP contribution in [0.15, 0.2) is 0 Å². The molecule has 1 rings (SSSR count). The van der Waals surface area contributed by atoms with Crippen molar-refractivity contribution in [1.82, 2.24) is 4.90 Å². The van der Waals surface area contributed by atoms with Crippen LogP contribution in [0.2, 0.25) is 43.8 Å². The van der Waals surface area contributed by atoms with Gasteiger partial charge in [-0.2, -0.15) is 0 Å². The number of methoxy groups -OCH3 is 1. The largest absolute Gasteiger partial charge is 0.467 e. The van der Waals surface area contributed by atoms with Crippen LogP contribution in [-0.2, 0) is 18.7 Å². The molecule has 0 spiro atoms. The molecule has 27 heavy (non-hydrogen) atoms. The van der Waals surface area contributed by atoms with Crippen LogP contribution in [0, 0.1) is 0 Å². The lowest BCUT2D eigenvalue weighted by Gasteiger charge is -2.39. The molecule has 8 heteroatoms. The van der Waals surface area contributed by atoms with E-state index in [1.54, 1.807) is 0 Å². The summed E-state index contributed by atoms with van der Waals surface area (Å²) < 4.78 is 17.0. The quantitative estimate of drug-likeness (QED) is 0.471. The summed E-state index contributed by atoms with van der Waals surface area (Å²) in [5.41, 5.74) is 0. The summed E-state index contributed by atoms with van der Waals surface area (Å²) in [4.78, 5) is 26.6. The fraction of sp³-hybridized carbons (Fsp3) is 0.895. The van der Waals surface area contributed by atoms with Crippen molar-refractivity contribution in [1.29, 1.82) is 0 Å². The minimum absolute atomic E-state index is 0.0543. The van der Waals surface area contributed by atoms with Crippen LogP contribution < -0.4 is 0 Å². The van der Waals surface area contributed by atoms with Gasteiger partial charge in [0.2, 0.25) is 0 Å². The molecule has 3 atom stereocenters. The lowest BCUT2D eigenvalue weighted by Crippen LogP contribution is -2.49. The Balaban J connectivity index is 2.93. The van der Waals surface area contributed by atoms with Crippen LogP contribution in [-0.4, -0.2) is 65.3 Å². The van der Waals surface area contributed by atoms with E-state index in [1.807, 2.05) is 6.92 Å². The first-order valence-corrected chi connectivity index (χ1v) is 16.4. The van der Waals surface area contributed by atoms with Gasteiger partial charge in [0, 0.05) is 14.5 Å². The van der Waals surface area contributed by atoms with Crippen LogP contribution in [0.3, 0.4) is 0 Å².